The molecule has 2 N–H and O–H groups in total. The summed E-state index contributed by atoms with van der Waals surface area (Å²) < 4.78 is 18.2. The maximum absolute atomic E-state index is 13.0. The first-order valence-corrected chi connectivity index (χ1v) is 6.23. The van der Waals surface area contributed by atoms with E-state index in [1.807, 2.05) is 0 Å². The third kappa shape index (κ3) is 2.48. The Morgan fingerprint density at radius 1 is 1.25 bits per heavy atom. The molecule has 1 unspecified atom stereocenters. The lowest BCUT2D eigenvalue weighted by atomic mass is 10.0. The molecule has 3 aromatic rings. The molecule has 20 heavy (non-hydrogen) atoms. The minimum atomic E-state index is -0.736. The highest BCUT2D eigenvalue weighted by atomic mass is 19.1. The fourth-order valence-corrected chi connectivity index (χ4v) is 2.13. The van der Waals surface area contributed by atoms with Gasteiger partial charge in [-0.05, 0) is 36.4 Å². The van der Waals surface area contributed by atoms with Gasteiger partial charge in [-0.2, -0.15) is 5.10 Å². The second-order valence-electron chi connectivity index (χ2n) is 4.51. The number of aromatic nitrogens is 2. The Balaban J connectivity index is 1.87. The topological polar surface area (TPSA) is 62.1 Å². The largest absolute Gasteiger partial charge is 0.469 e. The number of benzene rings is 1. The zero-order valence-corrected chi connectivity index (χ0v) is 10.6. The smallest absolute Gasteiger partial charge is 0.123 e. The zero-order chi connectivity index (χ0) is 13.9. The summed E-state index contributed by atoms with van der Waals surface area (Å²) in [7, 11) is 0. The lowest BCUT2D eigenvalue weighted by Crippen LogP contribution is -2.01. The van der Waals surface area contributed by atoms with Crippen molar-refractivity contribution in [1.29, 1.82) is 0 Å². The number of aromatic amines is 1. The summed E-state index contributed by atoms with van der Waals surface area (Å²) in [6.07, 6.45) is 2.77. The van der Waals surface area contributed by atoms with Crippen LogP contribution in [0, 0.1) is 5.82 Å². The molecule has 0 amide bonds. The Hall–Kier alpha value is -2.40. The third-order valence-electron chi connectivity index (χ3n) is 3.14. The maximum Gasteiger partial charge on any atom is 0.123 e. The molecule has 2 aromatic heterocycles. The van der Waals surface area contributed by atoms with Crippen LogP contribution in [-0.4, -0.2) is 15.3 Å². The number of nitrogens with zero attached hydrogens (tertiary/aromatic N) is 1. The van der Waals surface area contributed by atoms with Crippen molar-refractivity contribution < 1.29 is 13.9 Å². The molecule has 1 aromatic carbocycles. The molecule has 0 bridgehead atoms. The molecule has 2 heterocycles. The summed E-state index contributed by atoms with van der Waals surface area (Å²) in [5.41, 5.74) is 2.12. The van der Waals surface area contributed by atoms with Gasteiger partial charge in [-0.1, -0.05) is 0 Å². The molecule has 0 aliphatic heterocycles. The van der Waals surface area contributed by atoms with Gasteiger partial charge in [-0.25, -0.2) is 4.39 Å². The van der Waals surface area contributed by atoms with Gasteiger partial charge < -0.3 is 9.52 Å². The summed E-state index contributed by atoms with van der Waals surface area (Å²) >= 11 is 0. The van der Waals surface area contributed by atoms with Crippen molar-refractivity contribution in [3.63, 3.8) is 0 Å². The van der Waals surface area contributed by atoms with E-state index in [-0.39, 0.29) is 5.82 Å². The maximum atomic E-state index is 13.0. The van der Waals surface area contributed by atoms with Gasteiger partial charge in [0.05, 0.1) is 24.3 Å². The van der Waals surface area contributed by atoms with E-state index in [0.29, 0.717) is 23.4 Å². The number of rotatable bonds is 4. The Morgan fingerprint density at radius 3 is 2.75 bits per heavy atom. The van der Waals surface area contributed by atoms with E-state index in [1.165, 1.54) is 12.1 Å². The molecule has 0 radical (unpaired) electrons. The average molecular weight is 272 g/mol. The van der Waals surface area contributed by atoms with Gasteiger partial charge in [0.1, 0.15) is 11.6 Å². The number of aliphatic hydroxyl groups is 1. The molecular formula is C15H13FN2O2. The molecule has 0 aliphatic carbocycles. The number of nitrogens with one attached hydrogen (secondary N) is 1. The number of aliphatic hydroxyl groups excluding tert-OH is 1. The number of halogens is 1. The van der Waals surface area contributed by atoms with E-state index in [4.69, 9.17) is 4.42 Å². The number of furan rings is 1. The standard InChI is InChI=1S/C15H13FN2O2/c16-11-5-3-10(4-6-11)15-13(9-17-18-15)14(19)8-12-2-1-7-20-12/h1-7,9,14,19H,8H2,(H,17,18). The van der Waals surface area contributed by atoms with Crippen molar-refractivity contribution in [2.75, 3.05) is 0 Å². The Morgan fingerprint density at radius 2 is 2.05 bits per heavy atom. The van der Waals surface area contributed by atoms with Gasteiger partial charge in [-0.15, -0.1) is 0 Å². The molecule has 0 saturated carbocycles. The van der Waals surface area contributed by atoms with Gasteiger partial charge in [0.25, 0.3) is 0 Å². The summed E-state index contributed by atoms with van der Waals surface area (Å²) in [5, 5.41) is 17.1. The highest BCUT2D eigenvalue weighted by Gasteiger charge is 2.17. The van der Waals surface area contributed by atoms with Crippen LogP contribution in [0.4, 0.5) is 4.39 Å². The van der Waals surface area contributed by atoms with Gasteiger partial charge >= 0.3 is 0 Å². The minimum Gasteiger partial charge on any atom is -0.469 e. The molecule has 4 nitrogen and oxygen atoms in total. The van der Waals surface area contributed by atoms with Crippen LogP contribution < -0.4 is 0 Å². The SMILES string of the molecule is OC(Cc1ccco1)c1cn[nH]c1-c1ccc(F)cc1. The molecular weight excluding hydrogens is 259 g/mol. The predicted molar refractivity (Wildman–Crippen MR) is 71.4 cm³/mol. The summed E-state index contributed by atoms with van der Waals surface area (Å²) in [4.78, 5) is 0. The summed E-state index contributed by atoms with van der Waals surface area (Å²) in [5.74, 6) is 0.398. The first kappa shape index (κ1) is 12.6. The van der Waals surface area contributed by atoms with Crippen LogP contribution in [0.2, 0.25) is 0 Å². The first-order chi connectivity index (χ1) is 9.74. The van der Waals surface area contributed by atoms with E-state index in [9.17, 15) is 9.50 Å². The van der Waals surface area contributed by atoms with Crippen LogP contribution in [0.25, 0.3) is 11.3 Å². The van der Waals surface area contributed by atoms with Crippen LogP contribution in [0.5, 0.6) is 0 Å². The molecule has 0 saturated heterocycles. The van der Waals surface area contributed by atoms with Crippen molar-refractivity contribution in [1.82, 2.24) is 10.2 Å². The van der Waals surface area contributed by atoms with Gasteiger partial charge in [0, 0.05) is 17.5 Å². The first-order valence-electron chi connectivity index (χ1n) is 6.23. The van der Waals surface area contributed by atoms with Crippen molar-refractivity contribution >= 4 is 0 Å². The minimum absolute atomic E-state index is 0.300. The monoisotopic (exact) mass is 272 g/mol. The Kier molecular flexibility index (Phi) is 3.35. The average Bonchev–Trinajstić information content (AvgIpc) is 3.10. The molecule has 102 valence electrons. The normalized spacial score (nSPS) is 12.5. The summed E-state index contributed by atoms with van der Waals surface area (Å²) in [6, 6.07) is 9.62. The highest BCUT2D eigenvalue weighted by Crippen LogP contribution is 2.28. The summed E-state index contributed by atoms with van der Waals surface area (Å²) in [6.45, 7) is 0. The van der Waals surface area contributed by atoms with Crippen molar-refractivity contribution in [3.05, 3.63) is 66.0 Å². The van der Waals surface area contributed by atoms with Crippen molar-refractivity contribution in [2.24, 2.45) is 0 Å². The molecule has 0 spiro atoms. The van der Waals surface area contributed by atoms with Crippen LogP contribution in [0.15, 0.2) is 53.3 Å². The molecule has 0 aliphatic rings. The second-order valence-corrected chi connectivity index (χ2v) is 4.51. The van der Waals surface area contributed by atoms with Crippen molar-refractivity contribution in [3.8, 4) is 11.3 Å². The van der Waals surface area contributed by atoms with Gasteiger partial charge in [0.15, 0.2) is 0 Å². The van der Waals surface area contributed by atoms with E-state index in [1.54, 1.807) is 36.7 Å². The van der Waals surface area contributed by atoms with E-state index in [0.717, 1.165) is 5.56 Å². The highest BCUT2D eigenvalue weighted by molar-refractivity contribution is 5.63. The Labute approximate surface area is 114 Å². The second kappa shape index (κ2) is 5.30. The van der Waals surface area contributed by atoms with Crippen LogP contribution in [0.1, 0.15) is 17.4 Å². The van der Waals surface area contributed by atoms with E-state index in [2.05, 4.69) is 10.2 Å². The van der Waals surface area contributed by atoms with Gasteiger partial charge in [-0.3, -0.25) is 5.10 Å². The van der Waals surface area contributed by atoms with Gasteiger partial charge in [0.2, 0.25) is 0 Å². The third-order valence-corrected chi connectivity index (χ3v) is 3.14. The molecule has 3 rings (SSSR count). The lowest BCUT2D eigenvalue weighted by Gasteiger charge is -2.09. The van der Waals surface area contributed by atoms with Crippen LogP contribution in [-0.2, 0) is 6.42 Å². The fourth-order valence-electron chi connectivity index (χ4n) is 2.13. The predicted octanol–water partition coefficient (Wildman–Crippen LogP) is 3.08. The molecule has 5 heteroatoms. The van der Waals surface area contributed by atoms with Crippen molar-refractivity contribution in [2.45, 2.75) is 12.5 Å². The number of hydrogen-bond donors (Lipinski definition) is 2. The van der Waals surface area contributed by atoms with E-state index < -0.39 is 6.10 Å². The molecule has 1 atom stereocenters. The number of hydrogen-bond acceptors (Lipinski definition) is 3. The Bertz CT molecular complexity index is 674. The quantitative estimate of drug-likeness (QED) is 0.767. The van der Waals surface area contributed by atoms with E-state index >= 15 is 0 Å². The van der Waals surface area contributed by atoms with Crippen LogP contribution >= 0.6 is 0 Å². The zero-order valence-electron chi connectivity index (χ0n) is 10.6. The fraction of sp³-hybridized carbons (Fsp3) is 0.133. The lowest BCUT2D eigenvalue weighted by molar-refractivity contribution is 0.171. The number of H-pyrrole nitrogens is 1. The molecule has 0 fully saturated rings. The van der Waals surface area contributed by atoms with Crippen LogP contribution in [0.3, 0.4) is 0 Å².